The molecule has 1 aliphatic rings. The molecule has 2 heterocycles. The normalized spacial score (nSPS) is 15.5. The highest BCUT2D eigenvalue weighted by Crippen LogP contribution is 2.20. The standard InChI is InChI=1S/C20H26N4O4S/c1-15-8-10-24(11-9-15)20(26)18-12-17(13-21-18)29(27,28)23(2)14-19(25)22-16-6-4-3-5-7-16/h3-7,12-13,15,21H,8-11,14H2,1-2H3,(H,22,25). The summed E-state index contributed by atoms with van der Waals surface area (Å²) in [5.41, 5.74) is 0.828. The lowest BCUT2D eigenvalue weighted by Gasteiger charge is -2.29. The first kappa shape index (κ1) is 21.1. The first-order valence-corrected chi connectivity index (χ1v) is 11.0. The van der Waals surface area contributed by atoms with Crippen LogP contribution in [0.3, 0.4) is 0 Å². The maximum Gasteiger partial charge on any atom is 0.270 e. The Labute approximate surface area is 170 Å². The third-order valence-electron chi connectivity index (χ3n) is 5.09. The molecule has 2 amide bonds. The molecule has 2 aromatic rings. The molecule has 0 unspecified atom stereocenters. The lowest BCUT2D eigenvalue weighted by molar-refractivity contribution is -0.116. The number of rotatable bonds is 6. The molecule has 0 aliphatic carbocycles. The van der Waals surface area contributed by atoms with Crippen LogP contribution in [0.1, 0.15) is 30.3 Å². The van der Waals surface area contributed by atoms with Gasteiger partial charge in [-0.25, -0.2) is 8.42 Å². The van der Waals surface area contributed by atoms with Crippen molar-refractivity contribution in [2.24, 2.45) is 5.92 Å². The van der Waals surface area contributed by atoms with Gasteiger partial charge < -0.3 is 15.2 Å². The minimum absolute atomic E-state index is 0.0405. The Hall–Kier alpha value is -2.65. The third-order valence-corrected chi connectivity index (χ3v) is 6.87. The molecule has 1 aromatic heterocycles. The van der Waals surface area contributed by atoms with Gasteiger partial charge in [0.05, 0.1) is 6.54 Å². The largest absolute Gasteiger partial charge is 0.356 e. The second kappa shape index (κ2) is 8.79. The molecule has 1 aromatic carbocycles. The summed E-state index contributed by atoms with van der Waals surface area (Å²) in [5.74, 6) is -0.0614. The molecule has 29 heavy (non-hydrogen) atoms. The zero-order chi connectivity index (χ0) is 21.0. The molecular weight excluding hydrogens is 392 g/mol. The van der Waals surface area contributed by atoms with Crippen LogP contribution < -0.4 is 5.32 Å². The summed E-state index contributed by atoms with van der Waals surface area (Å²) < 4.78 is 26.5. The summed E-state index contributed by atoms with van der Waals surface area (Å²) in [6, 6.07) is 10.1. The maximum absolute atomic E-state index is 12.8. The minimum Gasteiger partial charge on any atom is -0.356 e. The Morgan fingerprint density at radius 3 is 2.52 bits per heavy atom. The van der Waals surface area contributed by atoms with Crippen molar-refractivity contribution in [2.75, 3.05) is 32.0 Å². The van der Waals surface area contributed by atoms with E-state index in [9.17, 15) is 18.0 Å². The van der Waals surface area contributed by atoms with Gasteiger partial charge in [-0.3, -0.25) is 9.59 Å². The van der Waals surface area contributed by atoms with Crippen molar-refractivity contribution in [3.05, 3.63) is 48.3 Å². The van der Waals surface area contributed by atoms with E-state index in [4.69, 9.17) is 0 Å². The number of carbonyl (C=O) groups is 2. The van der Waals surface area contributed by atoms with E-state index in [0.717, 1.165) is 17.1 Å². The molecule has 2 N–H and O–H groups in total. The molecule has 0 atom stereocenters. The Morgan fingerprint density at radius 1 is 1.21 bits per heavy atom. The fraction of sp³-hybridized carbons (Fsp3) is 0.400. The Balaban J connectivity index is 1.64. The number of piperidine rings is 1. The van der Waals surface area contributed by atoms with Gasteiger partial charge in [0.2, 0.25) is 15.9 Å². The Morgan fingerprint density at radius 2 is 1.86 bits per heavy atom. The van der Waals surface area contributed by atoms with Crippen molar-refractivity contribution in [1.82, 2.24) is 14.2 Å². The van der Waals surface area contributed by atoms with Gasteiger partial charge in [0.15, 0.2) is 0 Å². The Bertz CT molecular complexity index is 963. The molecule has 156 valence electrons. The highest BCUT2D eigenvalue weighted by molar-refractivity contribution is 7.89. The first-order valence-electron chi connectivity index (χ1n) is 9.56. The SMILES string of the molecule is CC1CCN(C(=O)c2cc(S(=O)(=O)N(C)CC(=O)Nc3ccccc3)c[nH]2)CC1. The summed E-state index contributed by atoms with van der Waals surface area (Å²) in [4.78, 5) is 29.2. The van der Waals surface area contributed by atoms with Crippen molar-refractivity contribution in [3.63, 3.8) is 0 Å². The highest BCUT2D eigenvalue weighted by atomic mass is 32.2. The van der Waals surface area contributed by atoms with Gasteiger partial charge in [0.1, 0.15) is 10.6 Å². The Kier molecular flexibility index (Phi) is 6.39. The zero-order valence-electron chi connectivity index (χ0n) is 16.6. The average Bonchev–Trinajstić information content (AvgIpc) is 3.19. The number of benzene rings is 1. The van der Waals surface area contributed by atoms with E-state index in [1.54, 1.807) is 29.2 Å². The molecular formula is C20H26N4O4S. The van der Waals surface area contributed by atoms with Gasteiger partial charge in [-0.15, -0.1) is 0 Å². The summed E-state index contributed by atoms with van der Waals surface area (Å²) >= 11 is 0. The van der Waals surface area contributed by atoms with E-state index in [1.807, 2.05) is 6.07 Å². The second-order valence-electron chi connectivity index (χ2n) is 7.40. The van der Waals surface area contributed by atoms with Gasteiger partial charge in [-0.2, -0.15) is 4.31 Å². The van der Waals surface area contributed by atoms with Crippen molar-refractivity contribution >= 4 is 27.5 Å². The fourth-order valence-corrected chi connectivity index (χ4v) is 4.34. The van der Waals surface area contributed by atoms with E-state index in [1.165, 1.54) is 19.3 Å². The minimum atomic E-state index is -3.91. The summed E-state index contributed by atoms with van der Waals surface area (Å²) in [5, 5.41) is 2.65. The van der Waals surface area contributed by atoms with E-state index in [0.29, 0.717) is 24.7 Å². The van der Waals surface area contributed by atoms with Crippen LogP contribution in [0.5, 0.6) is 0 Å². The molecule has 9 heteroatoms. The molecule has 8 nitrogen and oxygen atoms in total. The maximum atomic E-state index is 12.8. The predicted octanol–water partition coefficient (Wildman–Crippen LogP) is 2.15. The number of likely N-dealkylation sites (N-methyl/N-ethyl adjacent to an activating group) is 1. The number of hydrogen-bond acceptors (Lipinski definition) is 4. The number of amides is 2. The van der Waals surface area contributed by atoms with Gasteiger partial charge in [-0.1, -0.05) is 25.1 Å². The zero-order valence-corrected chi connectivity index (χ0v) is 17.4. The monoisotopic (exact) mass is 418 g/mol. The van der Waals surface area contributed by atoms with Crippen molar-refractivity contribution in [3.8, 4) is 0 Å². The topological polar surface area (TPSA) is 103 Å². The highest BCUT2D eigenvalue weighted by Gasteiger charge is 2.27. The second-order valence-corrected chi connectivity index (χ2v) is 9.44. The van der Waals surface area contributed by atoms with Crippen LogP contribution in [0, 0.1) is 5.92 Å². The lowest BCUT2D eigenvalue weighted by atomic mass is 9.99. The van der Waals surface area contributed by atoms with Crippen molar-refractivity contribution < 1.29 is 18.0 Å². The number of sulfonamides is 1. The van der Waals surface area contributed by atoms with Crippen LogP contribution >= 0.6 is 0 Å². The smallest absolute Gasteiger partial charge is 0.270 e. The molecule has 1 saturated heterocycles. The number of para-hydroxylation sites is 1. The first-order chi connectivity index (χ1) is 13.8. The van der Waals surface area contributed by atoms with Gasteiger partial charge in [-0.05, 0) is 37.0 Å². The van der Waals surface area contributed by atoms with E-state index < -0.39 is 15.9 Å². The van der Waals surface area contributed by atoms with E-state index in [-0.39, 0.29) is 23.0 Å². The number of aromatic amines is 1. The number of carbonyl (C=O) groups excluding carboxylic acids is 2. The number of aromatic nitrogens is 1. The fourth-order valence-electron chi connectivity index (χ4n) is 3.22. The molecule has 0 spiro atoms. The molecule has 3 rings (SSSR count). The number of anilines is 1. The lowest BCUT2D eigenvalue weighted by Crippen LogP contribution is -2.38. The third kappa shape index (κ3) is 5.04. The molecule has 1 aliphatic heterocycles. The number of H-pyrrole nitrogens is 1. The van der Waals surface area contributed by atoms with Crippen LogP contribution in [0.25, 0.3) is 0 Å². The van der Waals surface area contributed by atoms with Gasteiger partial charge >= 0.3 is 0 Å². The number of likely N-dealkylation sites (tertiary alicyclic amines) is 1. The average molecular weight is 419 g/mol. The number of nitrogens with zero attached hydrogens (tertiary/aromatic N) is 2. The quantitative estimate of drug-likeness (QED) is 0.750. The van der Waals surface area contributed by atoms with Crippen molar-refractivity contribution in [1.29, 1.82) is 0 Å². The van der Waals surface area contributed by atoms with Crippen molar-refractivity contribution in [2.45, 2.75) is 24.7 Å². The molecule has 0 bridgehead atoms. The summed E-state index contributed by atoms with van der Waals surface area (Å²) in [6.07, 6.45) is 3.18. The van der Waals surface area contributed by atoms with Gasteiger partial charge in [0.25, 0.3) is 5.91 Å². The van der Waals surface area contributed by atoms with Crippen LogP contribution in [-0.4, -0.2) is 61.1 Å². The molecule has 0 radical (unpaired) electrons. The number of nitrogens with one attached hydrogen (secondary N) is 2. The summed E-state index contributed by atoms with van der Waals surface area (Å²) in [7, 11) is -2.57. The summed E-state index contributed by atoms with van der Waals surface area (Å²) in [6.45, 7) is 3.15. The molecule has 0 saturated carbocycles. The predicted molar refractivity (Wildman–Crippen MR) is 110 cm³/mol. The van der Waals surface area contributed by atoms with Crippen LogP contribution in [0.2, 0.25) is 0 Å². The van der Waals surface area contributed by atoms with E-state index in [2.05, 4.69) is 17.2 Å². The van der Waals surface area contributed by atoms with Crippen LogP contribution in [0.15, 0.2) is 47.5 Å². The van der Waals surface area contributed by atoms with Gasteiger partial charge in [0, 0.05) is 32.0 Å². The van der Waals surface area contributed by atoms with Crippen LogP contribution in [-0.2, 0) is 14.8 Å². The molecule has 1 fully saturated rings. The van der Waals surface area contributed by atoms with Crippen LogP contribution in [0.4, 0.5) is 5.69 Å². The van der Waals surface area contributed by atoms with E-state index >= 15 is 0 Å². The number of hydrogen-bond donors (Lipinski definition) is 2.